The Morgan fingerprint density at radius 1 is 0.757 bits per heavy atom. The molecule has 37 heavy (non-hydrogen) atoms. The van der Waals surface area contributed by atoms with Gasteiger partial charge in [-0.3, -0.25) is 9.59 Å². The van der Waals surface area contributed by atoms with Gasteiger partial charge in [-0.2, -0.15) is 19.2 Å². The van der Waals surface area contributed by atoms with Crippen LogP contribution >= 0.6 is 0 Å². The van der Waals surface area contributed by atoms with Crippen LogP contribution in [0.2, 0.25) is 0 Å². The number of carboxylic acid groups (broad SMARTS) is 1. The Hall–Kier alpha value is -4.84. The summed E-state index contributed by atoms with van der Waals surface area (Å²) in [5.74, 6) is -0.00462. The summed E-state index contributed by atoms with van der Waals surface area (Å²) in [6, 6.07) is 21.1. The van der Waals surface area contributed by atoms with Crippen molar-refractivity contribution in [2.45, 2.75) is 33.6 Å². The zero-order chi connectivity index (χ0) is 28.2. The normalized spacial score (nSPS) is 8.76. The average molecular weight is 508 g/mol. The van der Waals surface area contributed by atoms with E-state index in [-0.39, 0.29) is 24.6 Å². The molecule has 0 atom stereocenters. The lowest BCUT2D eigenvalue weighted by Gasteiger charge is -2.10. The standard InChI is InChI=1S/C17H19NO2.C9H10O2.2CO2/c1-12-4-6-14(7-5-12)11-17(19)18-16-9-8-15(20-3)10-13(16)2;1-7-2-4-8(5-3-7)6-9(10)11;2*2-1-3/h4-10H,11H2,1-3H3,(H,18,19);2-5H,6H2,1H3,(H,10,11);;. The number of carbonyl (C=O) groups is 2. The van der Waals surface area contributed by atoms with Gasteiger partial charge in [0.15, 0.2) is 0 Å². The van der Waals surface area contributed by atoms with Crippen molar-refractivity contribution < 1.29 is 38.6 Å². The van der Waals surface area contributed by atoms with E-state index in [2.05, 4.69) is 5.32 Å². The second kappa shape index (κ2) is 18.5. The molecule has 0 aliphatic carbocycles. The van der Waals surface area contributed by atoms with Crippen LogP contribution in [0.4, 0.5) is 5.69 Å². The monoisotopic (exact) mass is 507 g/mol. The van der Waals surface area contributed by atoms with E-state index in [0.717, 1.165) is 33.7 Å². The van der Waals surface area contributed by atoms with E-state index >= 15 is 0 Å². The first-order chi connectivity index (χ1) is 17.6. The molecule has 0 radical (unpaired) electrons. The number of aliphatic carboxylic acids is 1. The summed E-state index contributed by atoms with van der Waals surface area (Å²) in [5, 5.41) is 11.4. The molecule has 3 aromatic carbocycles. The third-order valence-electron chi connectivity index (χ3n) is 4.67. The molecule has 0 unspecified atom stereocenters. The second-order valence-electron chi connectivity index (χ2n) is 7.61. The number of benzene rings is 3. The molecule has 0 heterocycles. The van der Waals surface area contributed by atoms with Crippen molar-refractivity contribution in [1.29, 1.82) is 0 Å². The number of anilines is 1. The van der Waals surface area contributed by atoms with E-state index < -0.39 is 5.97 Å². The summed E-state index contributed by atoms with van der Waals surface area (Å²) in [4.78, 5) is 54.8. The maximum atomic E-state index is 12.0. The predicted molar refractivity (Wildman–Crippen MR) is 134 cm³/mol. The van der Waals surface area contributed by atoms with Gasteiger partial charge in [0, 0.05) is 5.69 Å². The van der Waals surface area contributed by atoms with Crippen molar-refractivity contribution >= 4 is 29.9 Å². The largest absolute Gasteiger partial charge is 0.497 e. The maximum Gasteiger partial charge on any atom is 0.373 e. The summed E-state index contributed by atoms with van der Waals surface area (Å²) in [6.45, 7) is 5.96. The topological polar surface area (TPSA) is 144 Å². The number of hydrogen-bond donors (Lipinski definition) is 2. The third kappa shape index (κ3) is 14.9. The summed E-state index contributed by atoms with van der Waals surface area (Å²) in [6.07, 6.45) is 0.992. The van der Waals surface area contributed by atoms with Crippen LogP contribution in [0.3, 0.4) is 0 Å². The smallest absolute Gasteiger partial charge is 0.373 e. The third-order valence-corrected chi connectivity index (χ3v) is 4.67. The summed E-state index contributed by atoms with van der Waals surface area (Å²) >= 11 is 0. The van der Waals surface area contributed by atoms with Gasteiger partial charge in [0.1, 0.15) is 5.75 Å². The highest BCUT2D eigenvalue weighted by Gasteiger charge is 2.07. The number of hydrogen-bond acceptors (Lipinski definition) is 7. The Labute approximate surface area is 215 Å². The fraction of sp³-hybridized carbons (Fsp3) is 0.214. The minimum Gasteiger partial charge on any atom is -0.497 e. The van der Waals surface area contributed by atoms with Crippen LogP contribution in [0.25, 0.3) is 0 Å². The molecule has 194 valence electrons. The van der Waals surface area contributed by atoms with Crippen LogP contribution in [-0.4, -0.2) is 36.4 Å². The van der Waals surface area contributed by atoms with Crippen LogP contribution in [0.15, 0.2) is 66.7 Å². The van der Waals surface area contributed by atoms with Crippen molar-refractivity contribution in [1.82, 2.24) is 0 Å². The van der Waals surface area contributed by atoms with Gasteiger partial charge < -0.3 is 15.2 Å². The average Bonchev–Trinajstić information content (AvgIpc) is 2.84. The van der Waals surface area contributed by atoms with Crippen LogP contribution in [0.1, 0.15) is 27.8 Å². The van der Waals surface area contributed by atoms with Crippen LogP contribution in [0, 0.1) is 20.8 Å². The molecule has 0 spiro atoms. The highest BCUT2D eigenvalue weighted by Crippen LogP contribution is 2.21. The minimum absolute atomic E-state index is 0.0119. The summed E-state index contributed by atoms with van der Waals surface area (Å²) in [7, 11) is 1.63. The fourth-order valence-electron chi connectivity index (χ4n) is 2.87. The first-order valence-electron chi connectivity index (χ1n) is 10.9. The Kier molecular flexibility index (Phi) is 16.1. The van der Waals surface area contributed by atoms with Crippen molar-refractivity contribution in [3.63, 3.8) is 0 Å². The fourth-order valence-corrected chi connectivity index (χ4v) is 2.87. The minimum atomic E-state index is -0.783. The number of methoxy groups -OCH3 is 1. The predicted octanol–water partition coefficient (Wildman–Crippen LogP) is 3.95. The molecule has 0 fully saturated rings. The van der Waals surface area contributed by atoms with Crippen LogP contribution in [-0.2, 0) is 41.6 Å². The molecule has 9 heteroatoms. The van der Waals surface area contributed by atoms with Gasteiger partial charge in [-0.1, -0.05) is 59.7 Å². The molecule has 1 amide bonds. The molecule has 9 nitrogen and oxygen atoms in total. The SMILES string of the molecule is COc1ccc(NC(=O)Cc2ccc(C)cc2)c(C)c1.Cc1ccc(CC(=O)O)cc1.O=C=O.O=C=O. The molecule has 0 aliphatic heterocycles. The molecule has 0 saturated heterocycles. The molecular formula is C28H29NO8. The van der Waals surface area contributed by atoms with E-state index in [1.54, 1.807) is 7.11 Å². The Morgan fingerprint density at radius 3 is 1.57 bits per heavy atom. The van der Waals surface area contributed by atoms with Crippen molar-refractivity contribution in [2.24, 2.45) is 0 Å². The highest BCUT2D eigenvalue weighted by molar-refractivity contribution is 5.93. The molecule has 0 bridgehead atoms. The van der Waals surface area contributed by atoms with Crippen LogP contribution < -0.4 is 10.1 Å². The van der Waals surface area contributed by atoms with Gasteiger partial charge in [0.25, 0.3) is 0 Å². The molecule has 3 aromatic rings. The lowest BCUT2D eigenvalue weighted by Crippen LogP contribution is -2.15. The van der Waals surface area contributed by atoms with E-state index in [9.17, 15) is 9.59 Å². The quantitative estimate of drug-likeness (QED) is 0.510. The molecule has 0 aliphatic rings. The number of aryl methyl sites for hydroxylation is 3. The second-order valence-corrected chi connectivity index (χ2v) is 7.61. The van der Waals surface area contributed by atoms with Gasteiger partial charge in [-0.15, -0.1) is 0 Å². The van der Waals surface area contributed by atoms with Crippen molar-refractivity contribution in [3.8, 4) is 5.75 Å². The Morgan fingerprint density at radius 2 is 1.19 bits per heavy atom. The van der Waals surface area contributed by atoms with Gasteiger partial charge in [0.2, 0.25) is 5.91 Å². The highest BCUT2D eigenvalue weighted by atomic mass is 16.5. The first-order valence-corrected chi connectivity index (χ1v) is 10.9. The summed E-state index contributed by atoms with van der Waals surface area (Å²) < 4.78 is 5.15. The van der Waals surface area contributed by atoms with Gasteiger partial charge in [-0.05, 0) is 55.7 Å². The van der Waals surface area contributed by atoms with E-state index in [0.29, 0.717) is 6.42 Å². The maximum absolute atomic E-state index is 12.0. The van der Waals surface area contributed by atoms with Gasteiger partial charge in [-0.25, -0.2) is 0 Å². The summed E-state index contributed by atoms with van der Waals surface area (Å²) in [5.41, 5.74) is 6.02. The van der Waals surface area contributed by atoms with Crippen LogP contribution in [0.5, 0.6) is 5.75 Å². The molecule has 0 saturated carbocycles. The van der Waals surface area contributed by atoms with Crippen molar-refractivity contribution in [2.75, 3.05) is 12.4 Å². The number of carbonyl (C=O) groups excluding carboxylic acids is 5. The first kappa shape index (κ1) is 32.2. The molecule has 3 rings (SSSR count). The number of rotatable bonds is 6. The van der Waals surface area contributed by atoms with E-state index in [4.69, 9.17) is 29.0 Å². The molecule has 2 N–H and O–H groups in total. The van der Waals surface area contributed by atoms with E-state index in [1.807, 2.05) is 87.5 Å². The lowest BCUT2D eigenvalue weighted by atomic mass is 10.1. The van der Waals surface area contributed by atoms with Crippen molar-refractivity contribution in [3.05, 3.63) is 94.5 Å². The zero-order valence-electron chi connectivity index (χ0n) is 21.1. The number of nitrogens with one attached hydrogen (secondary N) is 1. The number of amides is 1. The zero-order valence-corrected chi connectivity index (χ0v) is 21.1. The lowest BCUT2D eigenvalue weighted by molar-refractivity contribution is -0.193. The Balaban J connectivity index is 0.000000639. The molecular weight excluding hydrogens is 478 g/mol. The Bertz CT molecular complexity index is 1180. The number of ether oxygens (including phenoxy) is 1. The molecule has 0 aromatic heterocycles. The van der Waals surface area contributed by atoms with E-state index in [1.165, 1.54) is 5.56 Å². The number of carboxylic acids is 1. The van der Waals surface area contributed by atoms with Gasteiger partial charge in [0.05, 0.1) is 20.0 Å². The van der Waals surface area contributed by atoms with Gasteiger partial charge >= 0.3 is 18.3 Å².